The Bertz CT molecular complexity index is 1010. The van der Waals surface area contributed by atoms with E-state index in [4.69, 9.17) is 0 Å². The zero-order valence-electron chi connectivity index (χ0n) is 17.2. The Morgan fingerprint density at radius 2 is 2.17 bits per heavy atom. The first kappa shape index (κ1) is 19.7. The highest BCUT2D eigenvalue weighted by Crippen LogP contribution is 2.43. The molecular weight excluding hydrogens is 382 g/mol. The van der Waals surface area contributed by atoms with E-state index in [1.165, 1.54) is 22.1 Å². The lowest BCUT2D eigenvalue weighted by atomic mass is 9.81. The molecule has 2 amide bonds. The number of hydrogen-bond acceptors (Lipinski definition) is 4. The first-order valence-corrected chi connectivity index (χ1v) is 11.6. The molecule has 0 saturated heterocycles. The van der Waals surface area contributed by atoms with Crippen molar-refractivity contribution in [2.45, 2.75) is 38.5 Å². The molecule has 1 aromatic carbocycles. The number of hydrogen-bond donors (Lipinski definition) is 1. The van der Waals surface area contributed by atoms with Crippen LogP contribution in [0.5, 0.6) is 0 Å². The van der Waals surface area contributed by atoms with E-state index < -0.39 is 0 Å². The molecule has 1 aromatic heterocycles. The number of carbonyl (C=O) groups excluding carboxylic acids is 1. The van der Waals surface area contributed by atoms with Gasteiger partial charge in [-0.2, -0.15) is 17.0 Å². The number of nitrogens with one attached hydrogen (secondary N) is 1. The highest BCUT2D eigenvalue weighted by molar-refractivity contribution is 7.97. The summed E-state index contributed by atoms with van der Waals surface area (Å²) in [5.74, 6) is 0.806. The van der Waals surface area contributed by atoms with Crippen molar-refractivity contribution >= 4 is 34.3 Å². The Morgan fingerprint density at radius 1 is 1.38 bits per heavy atom. The van der Waals surface area contributed by atoms with Crippen molar-refractivity contribution in [3.63, 3.8) is 0 Å². The van der Waals surface area contributed by atoms with E-state index >= 15 is 0 Å². The predicted molar refractivity (Wildman–Crippen MR) is 119 cm³/mol. The number of amides is 2. The van der Waals surface area contributed by atoms with Crippen molar-refractivity contribution in [2.75, 3.05) is 31.3 Å². The molecule has 1 atom stereocenters. The van der Waals surface area contributed by atoms with Gasteiger partial charge in [0.2, 0.25) is 0 Å². The summed E-state index contributed by atoms with van der Waals surface area (Å²) in [5, 5.41) is 10.9. The van der Waals surface area contributed by atoms with E-state index in [0.717, 1.165) is 36.3 Å². The van der Waals surface area contributed by atoms with Crippen LogP contribution < -0.4 is 5.43 Å². The fraction of sp³-hybridized carbons (Fsp3) is 0.455. The standard InChI is InChI=1S/C22H27N5OS/c1-4-25(5-2)22(28)24-27-18-10-6-8-16-15-9-7-11-26(14-23)19(15)12-17(21(16)18)20(27)13-29-3/h6,8-10,19H,4-5,7,11-13H2,1-3H3,(H,24,28)/t19-/m1/s1. The third-order valence-electron chi connectivity index (χ3n) is 6.05. The molecular formula is C22H27N5OS. The molecule has 29 heavy (non-hydrogen) atoms. The number of thioether (sulfide) groups is 1. The van der Waals surface area contributed by atoms with Gasteiger partial charge in [-0.3, -0.25) is 4.68 Å². The van der Waals surface area contributed by atoms with E-state index in [1.807, 2.05) is 23.4 Å². The lowest BCUT2D eigenvalue weighted by Gasteiger charge is -2.36. The Morgan fingerprint density at radius 3 is 2.86 bits per heavy atom. The van der Waals surface area contributed by atoms with Crippen molar-refractivity contribution in [1.82, 2.24) is 14.5 Å². The Hall–Kier alpha value is -2.59. The maximum atomic E-state index is 12.8. The number of nitriles is 1. The van der Waals surface area contributed by atoms with Crippen molar-refractivity contribution in [2.24, 2.45) is 0 Å². The molecule has 1 N–H and O–H groups in total. The van der Waals surface area contributed by atoms with Gasteiger partial charge in [0.1, 0.15) is 0 Å². The number of benzene rings is 1. The highest BCUT2D eigenvalue weighted by Gasteiger charge is 2.35. The van der Waals surface area contributed by atoms with Crippen molar-refractivity contribution < 1.29 is 4.79 Å². The summed E-state index contributed by atoms with van der Waals surface area (Å²) in [6.45, 7) is 6.09. The molecule has 0 spiro atoms. The highest BCUT2D eigenvalue weighted by atomic mass is 32.2. The van der Waals surface area contributed by atoms with Crippen LogP contribution in [0.3, 0.4) is 0 Å². The molecule has 2 aliphatic rings. The number of urea groups is 1. The van der Waals surface area contributed by atoms with Crippen LogP contribution >= 0.6 is 11.8 Å². The van der Waals surface area contributed by atoms with Crippen LogP contribution in [0.25, 0.3) is 16.5 Å². The minimum atomic E-state index is -0.0827. The molecule has 0 radical (unpaired) electrons. The van der Waals surface area contributed by atoms with Gasteiger partial charge in [0.25, 0.3) is 0 Å². The van der Waals surface area contributed by atoms with Crippen LogP contribution in [0.1, 0.15) is 37.1 Å². The minimum absolute atomic E-state index is 0.0827. The quantitative estimate of drug-likeness (QED) is 0.758. The molecule has 1 aliphatic heterocycles. The van der Waals surface area contributed by atoms with E-state index in [9.17, 15) is 10.1 Å². The van der Waals surface area contributed by atoms with E-state index in [-0.39, 0.29) is 12.1 Å². The summed E-state index contributed by atoms with van der Waals surface area (Å²) < 4.78 is 1.99. The van der Waals surface area contributed by atoms with Gasteiger partial charge in [-0.15, -0.1) is 0 Å². The number of fused-ring (bicyclic) bond motifs is 2. The van der Waals surface area contributed by atoms with Gasteiger partial charge in [-0.1, -0.05) is 18.2 Å². The van der Waals surface area contributed by atoms with Gasteiger partial charge in [-0.25, -0.2) is 10.2 Å². The maximum absolute atomic E-state index is 12.8. The minimum Gasteiger partial charge on any atom is -0.324 e. The molecule has 0 bridgehead atoms. The zero-order chi connectivity index (χ0) is 20.5. The Kier molecular flexibility index (Phi) is 5.46. The number of aromatic nitrogens is 1. The largest absolute Gasteiger partial charge is 0.336 e. The zero-order valence-corrected chi connectivity index (χ0v) is 18.1. The van der Waals surface area contributed by atoms with Gasteiger partial charge in [0.05, 0.1) is 17.3 Å². The predicted octanol–water partition coefficient (Wildman–Crippen LogP) is 4.00. The average molecular weight is 410 g/mol. The fourth-order valence-electron chi connectivity index (χ4n) is 4.66. The van der Waals surface area contributed by atoms with Crippen LogP contribution in [0.2, 0.25) is 0 Å². The molecule has 7 heteroatoms. The van der Waals surface area contributed by atoms with Crippen LogP contribution in [-0.4, -0.2) is 52.4 Å². The van der Waals surface area contributed by atoms with Crippen molar-refractivity contribution in [3.05, 3.63) is 41.1 Å². The Labute approximate surface area is 176 Å². The summed E-state index contributed by atoms with van der Waals surface area (Å²) in [6, 6.07) is 6.30. The molecule has 0 unspecified atom stereocenters. The van der Waals surface area contributed by atoms with Gasteiger partial charge in [0.15, 0.2) is 6.19 Å². The number of rotatable bonds is 5. The summed E-state index contributed by atoms with van der Waals surface area (Å²) in [6.07, 6.45) is 8.45. The first-order chi connectivity index (χ1) is 14.1. The lowest BCUT2D eigenvalue weighted by molar-refractivity contribution is 0.214. The number of nitrogens with zero attached hydrogens (tertiary/aromatic N) is 4. The third-order valence-corrected chi connectivity index (χ3v) is 6.61. The molecule has 2 heterocycles. The van der Waals surface area contributed by atoms with Crippen LogP contribution in [0.4, 0.5) is 4.79 Å². The van der Waals surface area contributed by atoms with E-state index in [1.54, 1.807) is 16.7 Å². The van der Waals surface area contributed by atoms with Crippen LogP contribution in [0, 0.1) is 11.5 Å². The normalized spacial score (nSPS) is 17.5. The molecule has 1 aliphatic carbocycles. The SMILES string of the molecule is CCN(CC)C(=O)Nn1c(CSC)c2c3c(cccc31)C1=CCCN(C#N)[C@@H]1C2. The van der Waals surface area contributed by atoms with Crippen LogP contribution in [-0.2, 0) is 12.2 Å². The van der Waals surface area contributed by atoms with Gasteiger partial charge < -0.3 is 9.80 Å². The Balaban J connectivity index is 1.89. The van der Waals surface area contributed by atoms with Gasteiger partial charge in [0, 0.05) is 37.2 Å². The first-order valence-electron chi connectivity index (χ1n) is 10.2. The molecule has 2 aromatic rings. The summed E-state index contributed by atoms with van der Waals surface area (Å²) >= 11 is 1.75. The second kappa shape index (κ2) is 8.03. The molecule has 0 saturated carbocycles. The molecule has 4 rings (SSSR count). The third kappa shape index (κ3) is 3.16. The summed E-state index contributed by atoms with van der Waals surface area (Å²) in [4.78, 5) is 16.5. The second-order valence-corrected chi connectivity index (χ2v) is 8.31. The average Bonchev–Trinajstić information content (AvgIpc) is 3.03. The maximum Gasteiger partial charge on any atom is 0.336 e. The van der Waals surface area contributed by atoms with Gasteiger partial charge >= 0.3 is 6.03 Å². The van der Waals surface area contributed by atoms with E-state index in [2.05, 4.69) is 42.1 Å². The van der Waals surface area contributed by atoms with E-state index in [0.29, 0.717) is 13.1 Å². The molecule has 6 nitrogen and oxygen atoms in total. The van der Waals surface area contributed by atoms with Gasteiger partial charge in [-0.05, 0) is 49.3 Å². The number of carbonyl (C=O) groups is 1. The smallest absolute Gasteiger partial charge is 0.324 e. The monoisotopic (exact) mass is 409 g/mol. The van der Waals surface area contributed by atoms with Crippen LogP contribution in [0.15, 0.2) is 24.3 Å². The summed E-state index contributed by atoms with van der Waals surface area (Å²) in [7, 11) is 0. The lowest BCUT2D eigenvalue weighted by Crippen LogP contribution is -2.39. The van der Waals surface area contributed by atoms with Crippen molar-refractivity contribution in [3.8, 4) is 6.19 Å². The summed E-state index contributed by atoms with van der Waals surface area (Å²) in [5.41, 5.74) is 9.02. The topological polar surface area (TPSA) is 64.3 Å². The second-order valence-electron chi connectivity index (χ2n) is 7.44. The van der Waals surface area contributed by atoms with Crippen molar-refractivity contribution in [1.29, 1.82) is 5.26 Å². The molecule has 0 fully saturated rings. The molecule has 152 valence electrons. The fourth-order valence-corrected chi connectivity index (χ4v) is 5.24.